The van der Waals surface area contributed by atoms with Crippen molar-refractivity contribution in [3.8, 4) is 0 Å². The van der Waals surface area contributed by atoms with Gasteiger partial charge in [0, 0.05) is 25.9 Å². The molecule has 4 atom stereocenters. The monoisotopic (exact) mass is 728 g/mol. The molecule has 12 heteroatoms. The molecule has 2 fully saturated rings. The molecular weight excluding hydrogens is 704 g/mol. The van der Waals surface area contributed by atoms with E-state index in [1.54, 1.807) is 76.2 Å². The number of ether oxygens (including phenoxy) is 2. The Morgan fingerprint density at radius 2 is 1.70 bits per heavy atom. The molecule has 2 aliphatic heterocycles. The number of anilines is 1. The summed E-state index contributed by atoms with van der Waals surface area (Å²) in [6, 6.07) is 13.5. The molecule has 3 aromatic rings. The summed E-state index contributed by atoms with van der Waals surface area (Å²) in [6.45, 7) is 7.27. The number of carbonyl (C=O) groups is 5. The van der Waals surface area contributed by atoms with Crippen LogP contribution in [0.2, 0.25) is 0 Å². The summed E-state index contributed by atoms with van der Waals surface area (Å²) in [7, 11) is 0. The van der Waals surface area contributed by atoms with E-state index >= 15 is 0 Å². The second-order valence-corrected chi connectivity index (χ2v) is 14.7. The average molecular weight is 730 g/mol. The fourth-order valence-corrected chi connectivity index (χ4v) is 7.60. The third kappa shape index (κ3) is 4.79. The SMILES string of the molecule is Cc1cc2c(s1)C(=O)[C@]1(O[C@@H](c3ccc(Br)c(Br)c3)[C@H]3C(=O)N(c4ccc(CNC(=O)OC(C)(C)C)cc4)C(=O)[C@H]31)C2=O. The number of thiophene rings is 1. The number of imide groups is 1. The first-order chi connectivity index (χ1) is 20.2. The molecule has 1 spiro atoms. The third-order valence-electron chi connectivity index (χ3n) is 7.71. The quantitative estimate of drug-likeness (QED) is 0.247. The van der Waals surface area contributed by atoms with Crippen molar-refractivity contribution in [2.75, 3.05) is 4.90 Å². The lowest BCUT2D eigenvalue weighted by Crippen LogP contribution is -2.51. The van der Waals surface area contributed by atoms with Gasteiger partial charge < -0.3 is 14.8 Å². The van der Waals surface area contributed by atoms with E-state index in [-0.39, 0.29) is 17.0 Å². The van der Waals surface area contributed by atoms with Crippen LogP contribution in [-0.4, -0.2) is 40.7 Å². The molecule has 43 heavy (non-hydrogen) atoms. The molecule has 3 aliphatic rings. The highest BCUT2D eigenvalue weighted by atomic mass is 79.9. The van der Waals surface area contributed by atoms with Crippen LogP contribution in [0.5, 0.6) is 0 Å². The van der Waals surface area contributed by atoms with Crippen LogP contribution in [-0.2, 0) is 25.6 Å². The summed E-state index contributed by atoms with van der Waals surface area (Å²) < 4.78 is 13.1. The van der Waals surface area contributed by atoms with Crippen molar-refractivity contribution < 1.29 is 33.4 Å². The topological polar surface area (TPSA) is 119 Å². The van der Waals surface area contributed by atoms with Crippen LogP contribution >= 0.6 is 43.2 Å². The summed E-state index contributed by atoms with van der Waals surface area (Å²) in [5.41, 5.74) is -0.973. The predicted octanol–water partition coefficient (Wildman–Crippen LogP) is 6.30. The lowest BCUT2D eigenvalue weighted by molar-refractivity contribution is -0.127. The Morgan fingerprint density at radius 1 is 1.00 bits per heavy atom. The van der Waals surface area contributed by atoms with Gasteiger partial charge in [0.05, 0.1) is 28.5 Å². The minimum atomic E-state index is -2.12. The van der Waals surface area contributed by atoms with Gasteiger partial charge in [-0.2, -0.15) is 0 Å². The number of nitrogens with one attached hydrogen (secondary N) is 1. The normalized spacial score (nSPS) is 24.6. The van der Waals surface area contributed by atoms with E-state index in [2.05, 4.69) is 37.2 Å². The highest BCUT2D eigenvalue weighted by molar-refractivity contribution is 9.13. The van der Waals surface area contributed by atoms with Gasteiger partial charge in [-0.15, -0.1) is 11.3 Å². The molecule has 1 N–H and O–H groups in total. The van der Waals surface area contributed by atoms with E-state index in [1.807, 2.05) is 0 Å². The van der Waals surface area contributed by atoms with Gasteiger partial charge in [-0.3, -0.25) is 19.2 Å². The molecule has 2 saturated heterocycles. The van der Waals surface area contributed by atoms with Crippen LogP contribution in [0.4, 0.5) is 10.5 Å². The van der Waals surface area contributed by atoms with E-state index in [9.17, 15) is 24.0 Å². The van der Waals surface area contributed by atoms with Crippen LogP contribution in [0.1, 0.15) is 62.9 Å². The van der Waals surface area contributed by atoms with Crippen LogP contribution in [0.15, 0.2) is 57.5 Å². The van der Waals surface area contributed by atoms with Crippen LogP contribution < -0.4 is 10.2 Å². The number of fused-ring (bicyclic) bond motifs is 3. The Bertz CT molecular complexity index is 1690. The van der Waals surface area contributed by atoms with Crippen molar-refractivity contribution in [1.29, 1.82) is 0 Å². The molecule has 1 aromatic heterocycles. The number of amides is 3. The zero-order chi connectivity index (χ0) is 31.0. The van der Waals surface area contributed by atoms with E-state index < -0.39 is 58.6 Å². The van der Waals surface area contributed by atoms with E-state index in [0.717, 1.165) is 14.2 Å². The number of nitrogens with zero attached hydrogens (tertiary/aromatic N) is 1. The van der Waals surface area contributed by atoms with Crippen LogP contribution in [0.25, 0.3) is 0 Å². The van der Waals surface area contributed by atoms with Crippen molar-refractivity contribution >= 4 is 78.4 Å². The molecular formula is C31H26Br2N2O7S. The summed E-state index contributed by atoms with van der Waals surface area (Å²) in [5.74, 6) is -4.81. The zero-order valence-corrected chi connectivity index (χ0v) is 27.5. The first kappa shape index (κ1) is 29.9. The standard InChI is InChI=1S/C31H26Br2N2O7S/c1-14-11-18-24(43-14)26(37)31(25(18)36)22-21(23(41-31)16-7-10-19(32)20(33)12-16)27(38)35(28(22)39)17-8-5-15(6-9-17)13-34-29(40)42-30(2,3)4/h5-12,21-23H,13H2,1-4H3,(H,34,40)/t21-,22-,23-,31+/m0/s1. The fourth-order valence-electron chi connectivity index (χ4n) is 5.95. The maximum Gasteiger partial charge on any atom is 0.407 e. The number of hydrogen-bond acceptors (Lipinski definition) is 8. The van der Waals surface area contributed by atoms with Crippen molar-refractivity contribution in [1.82, 2.24) is 5.32 Å². The highest BCUT2D eigenvalue weighted by Gasteiger charge is 2.75. The number of ketones is 2. The van der Waals surface area contributed by atoms with Crippen molar-refractivity contribution in [3.63, 3.8) is 0 Å². The fraction of sp³-hybridized carbons (Fsp3) is 0.323. The van der Waals surface area contributed by atoms with E-state index in [0.29, 0.717) is 21.3 Å². The summed E-state index contributed by atoms with van der Waals surface area (Å²) in [4.78, 5) is 70.3. The number of rotatable bonds is 4. The lowest BCUT2D eigenvalue weighted by atomic mass is 9.77. The van der Waals surface area contributed by atoms with Crippen molar-refractivity contribution in [3.05, 3.63) is 83.9 Å². The first-order valence-corrected chi connectivity index (χ1v) is 15.9. The van der Waals surface area contributed by atoms with Gasteiger partial charge in [0.15, 0.2) is 0 Å². The lowest BCUT2D eigenvalue weighted by Gasteiger charge is -2.27. The maximum atomic E-state index is 14.2. The van der Waals surface area contributed by atoms with Gasteiger partial charge in [-0.05, 0) is 101 Å². The average Bonchev–Trinajstić information content (AvgIpc) is 3.62. The van der Waals surface area contributed by atoms with Crippen LogP contribution in [0, 0.1) is 18.8 Å². The van der Waals surface area contributed by atoms with Gasteiger partial charge in [-0.25, -0.2) is 9.69 Å². The van der Waals surface area contributed by atoms with Gasteiger partial charge in [-0.1, -0.05) is 18.2 Å². The molecule has 2 aromatic carbocycles. The Balaban J connectivity index is 1.35. The molecule has 0 unspecified atom stereocenters. The van der Waals surface area contributed by atoms with Crippen LogP contribution in [0.3, 0.4) is 0 Å². The number of Topliss-reactive ketones (excluding diaryl/α,β-unsaturated/α-hetero) is 2. The number of hydrogen-bond donors (Lipinski definition) is 1. The van der Waals surface area contributed by atoms with Crippen molar-refractivity contribution in [2.45, 2.75) is 51.5 Å². The molecule has 3 amide bonds. The molecule has 3 heterocycles. The van der Waals surface area contributed by atoms with E-state index in [1.165, 1.54) is 11.3 Å². The molecule has 9 nitrogen and oxygen atoms in total. The highest BCUT2D eigenvalue weighted by Crippen LogP contribution is 2.58. The number of benzene rings is 2. The second kappa shape index (κ2) is 10.5. The van der Waals surface area contributed by atoms with Gasteiger partial charge in [0.2, 0.25) is 29.0 Å². The number of carbonyl (C=O) groups excluding carboxylic acids is 5. The summed E-state index contributed by atoms with van der Waals surface area (Å²) in [6.07, 6.45) is -1.59. The summed E-state index contributed by atoms with van der Waals surface area (Å²) >= 11 is 8.10. The number of alkyl carbamates (subject to hydrolysis) is 1. The Morgan fingerprint density at radius 3 is 2.33 bits per heavy atom. The number of aryl methyl sites for hydroxylation is 1. The molecule has 1 aliphatic carbocycles. The molecule has 6 rings (SSSR count). The Labute approximate surface area is 268 Å². The van der Waals surface area contributed by atoms with Crippen molar-refractivity contribution in [2.24, 2.45) is 11.8 Å². The van der Waals surface area contributed by atoms with Gasteiger partial charge in [0.25, 0.3) is 0 Å². The van der Waals surface area contributed by atoms with Gasteiger partial charge in [0.1, 0.15) is 5.60 Å². The molecule has 222 valence electrons. The zero-order valence-electron chi connectivity index (χ0n) is 23.5. The third-order valence-corrected chi connectivity index (χ3v) is 10.6. The number of halogens is 2. The van der Waals surface area contributed by atoms with Gasteiger partial charge >= 0.3 is 6.09 Å². The minimum Gasteiger partial charge on any atom is -0.444 e. The summed E-state index contributed by atoms with van der Waals surface area (Å²) in [5, 5.41) is 2.67. The molecule has 0 radical (unpaired) electrons. The van der Waals surface area contributed by atoms with E-state index in [4.69, 9.17) is 9.47 Å². The smallest absolute Gasteiger partial charge is 0.407 e. The largest absolute Gasteiger partial charge is 0.444 e. The maximum absolute atomic E-state index is 14.2. The Kier molecular flexibility index (Phi) is 7.27. The second-order valence-electron chi connectivity index (χ2n) is 11.7. The Hall–Kier alpha value is -3.19. The molecule has 0 bridgehead atoms. The first-order valence-electron chi connectivity index (χ1n) is 13.5. The molecule has 0 saturated carbocycles. The predicted molar refractivity (Wildman–Crippen MR) is 165 cm³/mol. The minimum absolute atomic E-state index is 0.171.